The first-order chi connectivity index (χ1) is 11.5. The van der Waals surface area contributed by atoms with E-state index in [1.54, 1.807) is 0 Å². The van der Waals surface area contributed by atoms with Crippen molar-refractivity contribution in [1.29, 1.82) is 0 Å². The molecule has 141 valence electrons. The molecule has 1 aromatic rings. The molecule has 1 atom stereocenters. The van der Waals surface area contributed by atoms with Crippen molar-refractivity contribution in [3.63, 3.8) is 0 Å². The average molecular weight is 452 g/mol. The Balaban J connectivity index is 0.00000104. The maximum absolute atomic E-state index is 9.73. The Kier molecular flexibility index (Phi) is 14.3. The number of morpholine rings is 1. The summed E-state index contributed by atoms with van der Waals surface area (Å²) in [7, 11) is 0. The molecule has 0 spiro atoms. The molecule has 1 aromatic heterocycles. The standard InChI is InChI=1S/C11H20N4O4S.C2H3O2.Y/c16-4-1-12-7-9(17)8-19-11-10(13-20-14-11)15-2-5-18-6-3-15;1-2(3)4;/h9,12,16-17H,1-8H2;1H2,(H,3,4);/q;-1;/t9-;;/m0../s1. The Morgan fingerprint density at radius 1 is 1.44 bits per heavy atom. The number of carbonyl (C=O) groups is 1. The van der Waals surface area contributed by atoms with Gasteiger partial charge in [-0.3, -0.25) is 11.7 Å². The van der Waals surface area contributed by atoms with Gasteiger partial charge in [-0.2, -0.15) is 4.37 Å². The topological polar surface area (TPSA) is 137 Å². The second kappa shape index (κ2) is 14.6. The van der Waals surface area contributed by atoms with Crippen LogP contribution in [0.4, 0.5) is 5.82 Å². The van der Waals surface area contributed by atoms with Gasteiger partial charge < -0.3 is 35.0 Å². The van der Waals surface area contributed by atoms with Crippen molar-refractivity contribution in [2.45, 2.75) is 6.10 Å². The largest absolute Gasteiger partial charge is 0.503 e. The third kappa shape index (κ3) is 10.9. The molecule has 12 heteroatoms. The molecule has 1 fully saturated rings. The predicted octanol–water partition coefficient (Wildman–Crippen LogP) is -1.40. The molecule has 0 aromatic carbocycles. The first kappa shape index (κ1) is 24.4. The number of aliphatic hydroxyl groups excluding tert-OH is 2. The number of aliphatic carboxylic acids is 1. The summed E-state index contributed by atoms with van der Waals surface area (Å²) < 4.78 is 19.2. The van der Waals surface area contributed by atoms with Crippen molar-refractivity contribution in [2.75, 3.05) is 57.5 Å². The Morgan fingerprint density at radius 2 is 2.08 bits per heavy atom. The van der Waals surface area contributed by atoms with Crippen LogP contribution in [0, 0.1) is 6.92 Å². The molecule has 4 N–H and O–H groups in total. The van der Waals surface area contributed by atoms with E-state index in [-0.39, 0.29) is 45.9 Å². The fourth-order valence-corrected chi connectivity index (χ4v) is 2.34. The molecule has 10 nitrogen and oxygen atoms in total. The van der Waals surface area contributed by atoms with Crippen LogP contribution in [0.5, 0.6) is 5.88 Å². The summed E-state index contributed by atoms with van der Waals surface area (Å²) in [6.07, 6.45) is -0.652. The average Bonchev–Trinajstić information content (AvgIpc) is 3.02. The molecule has 1 saturated heterocycles. The molecule has 0 saturated carbocycles. The number of rotatable bonds is 8. The molecule has 0 bridgehead atoms. The zero-order chi connectivity index (χ0) is 17.8. The predicted molar refractivity (Wildman–Crippen MR) is 87.4 cm³/mol. The summed E-state index contributed by atoms with van der Waals surface area (Å²) in [5.74, 6) is 0.0897. The van der Waals surface area contributed by atoms with E-state index < -0.39 is 12.1 Å². The van der Waals surface area contributed by atoms with Crippen molar-refractivity contribution in [3.8, 4) is 5.88 Å². The van der Waals surface area contributed by atoms with Gasteiger partial charge in [-0.15, -0.1) is 4.37 Å². The van der Waals surface area contributed by atoms with E-state index in [4.69, 9.17) is 24.5 Å². The van der Waals surface area contributed by atoms with E-state index in [1.807, 2.05) is 0 Å². The Hall–Kier alpha value is -0.556. The SMILES string of the molecule is OCCNC[C@H](O)COc1nsnc1N1CCOCC1.[CH2-]C(=O)O.[Y]. The summed E-state index contributed by atoms with van der Waals surface area (Å²) in [5.41, 5.74) is 0. The smallest absolute Gasteiger partial charge is 0.270 e. The second-order valence-electron chi connectivity index (χ2n) is 4.78. The van der Waals surface area contributed by atoms with Crippen LogP contribution in [-0.4, -0.2) is 88.7 Å². The Labute approximate surface area is 175 Å². The fourth-order valence-electron chi connectivity index (χ4n) is 1.82. The third-order valence-electron chi connectivity index (χ3n) is 2.83. The van der Waals surface area contributed by atoms with Crippen molar-refractivity contribution >= 4 is 23.5 Å². The van der Waals surface area contributed by atoms with Crippen LogP contribution in [-0.2, 0) is 42.2 Å². The maximum Gasteiger partial charge on any atom is 0.270 e. The van der Waals surface area contributed by atoms with Gasteiger partial charge >= 0.3 is 0 Å². The van der Waals surface area contributed by atoms with Crippen LogP contribution in [0.3, 0.4) is 0 Å². The van der Waals surface area contributed by atoms with Gasteiger partial charge in [0.25, 0.3) is 5.88 Å². The van der Waals surface area contributed by atoms with E-state index in [1.165, 1.54) is 0 Å². The number of hydrogen-bond donors (Lipinski definition) is 4. The van der Waals surface area contributed by atoms with E-state index in [2.05, 4.69) is 25.9 Å². The second-order valence-corrected chi connectivity index (χ2v) is 5.31. The van der Waals surface area contributed by atoms with E-state index in [0.29, 0.717) is 38.0 Å². The van der Waals surface area contributed by atoms with Gasteiger partial charge in [0.2, 0.25) is 5.82 Å². The van der Waals surface area contributed by atoms with Gasteiger partial charge in [-0.25, -0.2) is 0 Å². The third-order valence-corrected chi connectivity index (χ3v) is 3.34. The molecule has 0 aliphatic carbocycles. The first-order valence-electron chi connectivity index (χ1n) is 7.37. The summed E-state index contributed by atoms with van der Waals surface area (Å²) in [4.78, 5) is 11.0. The Morgan fingerprint density at radius 3 is 2.68 bits per heavy atom. The van der Waals surface area contributed by atoms with Crippen LogP contribution in [0.15, 0.2) is 0 Å². The zero-order valence-electron chi connectivity index (χ0n) is 13.8. The monoisotopic (exact) mass is 452 g/mol. The van der Waals surface area contributed by atoms with E-state index >= 15 is 0 Å². The van der Waals surface area contributed by atoms with Gasteiger partial charge in [-0.1, -0.05) is 0 Å². The van der Waals surface area contributed by atoms with Gasteiger partial charge in [-0.05, 0) is 0 Å². The molecule has 2 heterocycles. The maximum atomic E-state index is 9.73. The fraction of sp³-hybridized carbons (Fsp3) is 0.692. The quantitative estimate of drug-likeness (QED) is 0.275. The minimum absolute atomic E-state index is 0. The van der Waals surface area contributed by atoms with Gasteiger partial charge in [0.1, 0.15) is 12.7 Å². The minimum atomic E-state index is -1.08. The van der Waals surface area contributed by atoms with Crippen molar-refractivity contribution in [3.05, 3.63) is 6.92 Å². The van der Waals surface area contributed by atoms with Crippen LogP contribution < -0.4 is 15.0 Å². The molecule has 1 aliphatic heterocycles. The van der Waals surface area contributed by atoms with Crippen molar-refractivity contribution in [1.82, 2.24) is 14.1 Å². The molecular weight excluding hydrogens is 429 g/mol. The molecule has 1 aliphatic rings. The van der Waals surface area contributed by atoms with Crippen LogP contribution in [0.2, 0.25) is 0 Å². The summed E-state index contributed by atoms with van der Waals surface area (Å²) >= 11 is 1.10. The minimum Gasteiger partial charge on any atom is -0.503 e. The van der Waals surface area contributed by atoms with Gasteiger partial charge in [0, 0.05) is 58.9 Å². The molecule has 25 heavy (non-hydrogen) atoms. The molecule has 2 rings (SSSR count). The van der Waals surface area contributed by atoms with Gasteiger partial charge in [0.05, 0.1) is 31.5 Å². The van der Waals surface area contributed by atoms with Crippen molar-refractivity contribution < 1.29 is 62.3 Å². The first-order valence-corrected chi connectivity index (χ1v) is 8.10. The molecule has 0 amide bonds. The zero-order valence-corrected chi connectivity index (χ0v) is 17.5. The summed E-state index contributed by atoms with van der Waals surface area (Å²) in [6.45, 7) is 6.44. The van der Waals surface area contributed by atoms with Crippen LogP contribution in [0.25, 0.3) is 0 Å². The normalized spacial score (nSPS) is 14.7. The van der Waals surface area contributed by atoms with Crippen LogP contribution in [0.1, 0.15) is 0 Å². The summed E-state index contributed by atoms with van der Waals surface area (Å²) in [5, 5.41) is 28.6. The molecule has 1 radical (unpaired) electrons. The van der Waals surface area contributed by atoms with Gasteiger partial charge in [0.15, 0.2) is 5.97 Å². The number of aromatic nitrogens is 2. The van der Waals surface area contributed by atoms with E-state index in [9.17, 15) is 5.11 Å². The molecular formula is C13H23N4O6SY-. The number of carboxylic acid groups (broad SMARTS) is 1. The van der Waals surface area contributed by atoms with E-state index in [0.717, 1.165) is 24.8 Å². The number of hydrogen-bond acceptors (Lipinski definition) is 10. The number of nitrogens with one attached hydrogen (secondary N) is 1. The summed E-state index contributed by atoms with van der Waals surface area (Å²) in [6, 6.07) is 0. The number of carboxylic acids is 1. The Bertz CT molecular complexity index is 471. The number of nitrogens with zero attached hydrogens (tertiary/aromatic N) is 3. The van der Waals surface area contributed by atoms with Crippen LogP contribution >= 0.6 is 11.7 Å². The van der Waals surface area contributed by atoms with Crippen molar-refractivity contribution in [2.24, 2.45) is 0 Å². The molecule has 0 unspecified atom stereocenters. The number of ether oxygens (including phenoxy) is 2. The number of anilines is 1. The number of aliphatic hydroxyl groups is 2.